The zero-order chi connectivity index (χ0) is 16.7. The van der Waals surface area contributed by atoms with Gasteiger partial charge in [0.05, 0.1) is 12.8 Å². The predicted molar refractivity (Wildman–Crippen MR) is 92.8 cm³/mol. The van der Waals surface area contributed by atoms with Crippen LogP contribution in [0.25, 0.3) is 22.0 Å². The van der Waals surface area contributed by atoms with E-state index in [0.717, 1.165) is 10.9 Å². The van der Waals surface area contributed by atoms with E-state index in [4.69, 9.17) is 10.5 Å². The van der Waals surface area contributed by atoms with Crippen LogP contribution in [-0.2, 0) is 7.05 Å². The van der Waals surface area contributed by atoms with Crippen LogP contribution in [0.15, 0.2) is 41.5 Å². The number of nitrogens with two attached hydrogens (primary N) is 1. The Bertz CT molecular complexity index is 976. The third-order valence-electron chi connectivity index (χ3n) is 4.29. The number of benzene rings is 1. The molecule has 6 heteroatoms. The Morgan fingerprint density at radius 1 is 1.29 bits per heavy atom. The van der Waals surface area contributed by atoms with Crippen LogP contribution in [0.4, 0.5) is 5.95 Å². The molecule has 0 unspecified atom stereocenters. The summed E-state index contributed by atoms with van der Waals surface area (Å²) in [6, 6.07) is 7.48. The van der Waals surface area contributed by atoms with E-state index in [1.807, 2.05) is 24.3 Å². The van der Waals surface area contributed by atoms with Crippen molar-refractivity contribution in [2.24, 2.45) is 13.0 Å². The van der Waals surface area contributed by atoms with Crippen molar-refractivity contribution in [1.82, 2.24) is 14.5 Å². The molecule has 0 atom stereocenters. The highest BCUT2D eigenvalue weighted by Crippen LogP contribution is 2.35. The topological polar surface area (TPSA) is 83.0 Å². The fourth-order valence-electron chi connectivity index (χ4n) is 2.78. The van der Waals surface area contributed by atoms with Crippen LogP contribution in [0.1, 0.15) is 12.8 Å². The highest BCUT2D eigenvalue weighted by Gasteiger charge is 2.23. The molecule has 2 aromatic heterocycles. The fourth-order valence-corrected chi connectivity index (χ4v) is 2.78. The molecule has 24 heavy (non-hydrogen) atoms. The van der Waals surface area contributed by atoms with Gasteiger partial charge in [-0.3, -0.25) is 4.79 Å². The van der Waals surface area contributed by atoms with E-state index in [-0.39, 0.29) is 11.5 Å². The van der Waals surface area contributed by atoms with Crippen molar-refractivity contribution in [2.45, 2.75) is 12.8 Å². The summed E-state index contributed by atoms with van der Waals surface area (Å²) < 4.78 is 7.48. The number of pyridine rings is 1. The van der Waals surface area contributed by atoms with Crippen molar-refractivity contribution in [3.63, 3.8) is 0 Å². The monoisotopic (exact) mass is 322 g/mol. The number of aromatic nitrogens is 3. The third kappa shape index (κ3) is 2.60. The second-order valence-electron chi connectivity index (χ2n) is 6.20. The molecule has 1 fully saturated rings. The first-order valence-corrected chi connectivity index (χ1v) is 7.97. The molecule has 0 bridgehead atoms. The maximum Gasteiger partial charge on any atom is 0.258 e. The number of aryl methyl sites for hydroxylation is 1. The van der Waals surface area contributed by atoms with Crippen molar-refractivity contribution in [1.29, 1.82) is 0 Å². The fraction of sp³-hybridized carbons (Fsp3) is 0.278. The number of ether oxygens (including phenoxy) is 1. The lowest BCUT2D eigenvalue weighted by Crippen LogP contribution is -2.17. The van der Waals surface area contributed by atoms with E-state index in [1.165, 1.54) is 12.8 Å². The Balaban J connectivity index is 1.92. The summed E-state index contributed by atoms with van der Waals surface area (Å²) in [5.74, 6) is 1.40. The van der Waals surface area contributed by atoms with Gasteiger partial charge >= 0.3 is 0 Å². The van der Waals surface area contributed by atoms with Gasteiger partial charge in [0.15, 0.2) is 5.75 Å². The van der Waals surface area contributed by atoms with Crippen molar-refractivity contribution in [2.75, 3.05) is 12.3 Å². The second-order valence-corrected chi connectivity index (χ2v) is 6.20. The summed E-state index contributed by atoms with van der Waals surface area (Å²) in [5, 5.41) is 1.47. The Kier molecular flexibility index (Phi) is 3.45. The van der Waals surface area contributed by atoms with Crippen LogP contribution in [0.3, 0.4) is 0 Å². The number of nitrogens with zero attached hydrogens (tertiary/aromatic N) is 3. The normalized spacial score (nSPS) is 14.0. The number of hydrogen-bond donors (Lipinski definition) is 1. The van der Waals surface area contributed by atoms with Gasteiger partial charge in [-0.05, 0) is 30.2 Å². The average Bonchev–Trinajstić information content (AvgIpc) is 3.41. The van der Waals surface area contributed by atoms with E-state index in [1.54, 1.807) is 24.0 Å². The van der Waals surface area contributed by atoms with Crippen LogP contribution < -0.4 is 16.0 Å². The van der Waals surface area contributed by atoms with Gasteiger partial charge in [0.25, 0.3) is 5.56 Å². The van der Waals surface area contributed by atoms with Gasteiger partial charge in [0, 0.05) is 24.2 Å². The molecule has 0 saturated heterocycles. The highest BCUT2D eigenvalue weighted by atomic mass is 16.5. The van der Waals surface area contributed by atoms with Gasteiger partial charge in [-0.25, -0.2) is 9.97 Å². The van der Waals surface area contributed by atoms with E-state index in [2.05, 4.69) is 9.97 Å². The molecule has 0 amide bonds. The van der Waals surface area contributed by atoms with Crippen molar-refractivity contribution in [3.8, 4) is 17.0 Å². The highest BCUT2D eigenvalue weighted by molar-refractivity contribution is 5.96. The molecule has 0 radical (unpaired) electrons. The standard InChI is InChI=1S/C18H18N4O2/c1-22-9-14(12-4-2-3-5-13(12)17(22)23)16-15(8-20-18(19)21-16)24-10-11-6-7-11/h2-5,8-9,11H,6-7,10H2,1H3,(H2,19,20,21). The molecule has 3 aromatic rings. The summed E-state index contributed by atoms with van der Waals surface area (Å²) in [4.78, 5) is 20.8. The van der Waals surface area contributed by atoms with E-state index < -0.39 is 0 Å². The van der Waals surface area contributed by atoms with Crippen LogP contribution in [0.2, 0.25) is 0 Å². The Morgan fingerprint density at radius 2 is 2.04 bits per heavy atom. The molecule has 1 aliphatic carbocycles. The van der Waals surface area contributed by atoms with E-state index in [9.17, 15) is 4.79 Å². The lowest BCUT2D eigenvalue weighted by Gasteiger charge is -2.13. The number of nitrogen functional groups attached to an aromatic ring is 1. The molecule has 1 aliphatic rings. The largest absolute Gasteiger partial charge is 0.489 e. The first-order valence-electron chi connectivity index (χ1n) is 7.97. The molecule has 122 valence electrons. The van der Waals surface area contributed by atoms with Crippen molar-refractivity contribution < 1.29 is 4.74 Å². The molecular weight excluding hydrogens is 304 g/mol. The minimum Gasteiger partial charge on any atom is -0.489 e. The molecular formula is C18H18N4O2. The lowest BCUT2D eigenvalue weighted by atomic mass is 10.0. The summed E-state index contributed by atoms with van der Waals surface area (Å²) in [7, 11) is 1.73. The minimum absolute atomic E-state index is 0.0446. The molecule has 0 aliphatic heterocycles. The zero-order valence-electron chi connectivity index (χ0n) is 13.4. The van der Waals surface area contributed by atoms with E-state index >= 15 is 0 Å². The summed E-state index contributed by atoms with van der Waals surface area (Å²) in [6.45, 7) is 0.657. The van der Waals surface area contributed by atoms with Crippen LogP contribution in [0.5, 0.6) is 5.75 Å². The average molecular weight is 322 g/mol. The molecule has 1 aromatic carbocycles. The van der Waals surface area contributed by atoms with Gasteiger partial charge in [0.1, 0.15) is 5.69 Å². The summed E-state index contributed by atoms with van der Waals surface area (Å²) in [5.41, 5.74) is 7.19. The molecule has 4 rings (SSSR count). The maximum atomic E-state index is 12.4. The van der Waals surface area contributed by atoms with Crippen molar-refractivity contribution >= 4 is 16.7 Å². The second kappa shape index (κ2) is 5.63. The molecule has 6 nitrogen and oxygen atoms in total. The molecule has 2 N–H and O–H groups in total. The summed E-state index contributed by atoms with van der Waals surface area (Å²) >= 11 is 0. The SMILES string of the molecule is Cn1cc(-c2nc(N)ncc2OCC2CC2)c2ccccc2c1=O. The Labute approximate surface area is 138 Å². The Hall–Kier alpha value is -2.89. The molecule has 1 saturated carbocycles. The van der Waals surface area contributed by atoms with Crippen LogP contribution in [0, 0.1) is 5.92 Å². The quantitative estimate of drug-likeness (QED) is 0.797. The minimum atomic E-state index is -0.0446. The van der Waals surface area contributed by atoms with Gasteiger partial charge in [-0.1, -0.05) is 18.2 Å². The maximum absolute atomic E-state index is 12.4. The molecule has 2 heterocycles. The number of anilines is 1. The number of rotatable bonds is 4. The Morgan fingerprint density at radius 3 is 2.79 bits per heavy atom. The lowest BCUT2D eigenvalue weighted by molar-refractivity contribution is 0.299. The molecule has 0 spiro atoms. The summed E-state index contributed by atoms with van der Waals surface area (Å²) in [6.07, 6.45) is 5.79. The third-order valence-corrected chi connectivity index (χ3v) is 4.29. The van der Waals surface area contributed by atoms with Crippen LogP contribution >= 0.6 is 0 Å². The van der Waals surface area contributed by atoms with E-state index in [0.29, 0.717) is 29.4 Å². The first-order chi connectivity index (χ1) is 11.6. The van der Waals surface area contributed by atoms with Crippen LogP contribution in [-0.4, -0.2) is 21.1 Å². The van der Waals surface area contributed by atoms with Gasteiger partial charge in [-0.15, -0.1) is 0 Å². The first kappa shape index (κ1) is 14.7. The number of hydrogen-bond acceptors (Lipinski definition) is 5. The smallest absolute Gasteiger partial charge is 0.258 e. The predicted octanol–water partition coefficient (Wildman–Crippen LogP) is 2.37. The zero-order valence-corrected chi connectivity index (χ0v) is 13.4. The van der Waals surface area contributed by atoms with Gasteiger partial charge in [0.2, 0.25) is 5.95 Å². The van der Waals surface area contributed by atoms with Crippen molar-refractivity contribution in [3.05, 3.63) is 47.0 Å². The number of fused-ring (bicyclic) bond motifs is 1. The van der Waals surface area contributed by atoms with Gasteiger partial charge < -0.3 is 15.0 Å². The van der Waals surface area contributed by atoms with Gasteiger partial charge in [-0.2, -0.15) is 0 Å².